The number of azide groups is 1. The number of likely N-dealkylation sites (N-methyl/N-ethyl adjacent to an activating group) is 1. The maximum absolute atomic E-state index is 13.6. The normalized spacial score (nSPS) is 17.5. The van der Waals surface area contributed by atoms with Gasteiger partial charge in [0.15, 0.2) is 0 Å². The molecule has 1 fully saturated rings. The van der Waals surface area contributed by atoms with Gasteiger partial charge in [-0.15, -0.1) is 0 Å². The van der Waals surface area contributed by atoms with E-state index in [4.69, 9.17) is 15.0 Å². The second kappa shape index (κ2) is 14.6. The summed E-state index contributed by atoms with van der Waals surface area (Å²) in [6.07, 6.45) is -0.383. The lowest BCUT2D eigenvalue weighted by atomic mass is 10.0. The van der Waals surface area contributed by atoms with Crippen molar-refractivity contribution in [1.82, 2.24) is 20.4 Å². The van der Waals surface area contributed by atoms with Crippen LogP contribution in [-0.4, -0.2) is 96.6 Å². The zero-order valence-corrected chi connectivity index (χ0v) is 25.8. The monoisotopic (exact) mass is 609 g/mol. The summed E-state index contributed by atoms with van der Waals surface area (Å²) in [7, 11) is 2.61. The number of carbonyl (C=O) groups excluding carboxylic acids is 5. The van der Waals surface area contributed by atoms with Crippen molar-refractivity contribution in [2.75, 3.05) is 27.2 Å². The smallest absolute Gasteiger partial charge is 0.410 e. The number of rotatable bonds is 10. The molecule has 0 bridgehead atoms. The summed E-state index contributed by atoms with van der Waals surface area (Å²) in [5, 5.41) is 10.9. The predicted octanol–water partition coefficient (Wildman–Crippen LogP) is 2.69. The van der Waals surface area contributed by atoms with Crippen molar-refractivity contribution in [2.24, 2.45) is 5.11 Å². The van der Waals surface area contributed by atoms with Crippen LogP contribution >= 0.6 is 0 Å². The van der Waals surface area contributed by atoms with Crippen LogP contribution in [0.1, 0.15) is 39.7 Å². The summed E-state index contributed by atoms with van der Waals surface area (Å²) in [5.74, 6) is -2.60. The number of methoxy groups -OCH3 is 1. The maximum atomic E-state index is 13.6. The minimum atomic E-state index is -1.22. The van der Waals surface area contributed by atoms with E-state index in [2.05, 4.69) is 20.7 Å². The van der Waals surface area contributed by atoms with Crippen LogP contribution in [0.25, 0.3) is 21.2 Å². The number of nitrogens with zero attached hydrogens (tertiary/aromatic N) is 5. The van der Waals surface area contributed by atoms with E-state index in [1.54, 1.807) is 20.8 Å². The van der Waals surface area contributed by atoms with Gasteiger partial charge in [-0.25, -0.2) is 9.59 Å². The predicted molar refractivity (Wildman–Crippen MR) is 161 cm³/mol. The van der Waals surface area contributed by atoms with E-state index >= 15 is 0 Å². The van der Waals surface area contributed by atoms with E-state index in [9.17, 15) is 24.0 Å². The standard InChI is InChI=1S/C30H39N7O7/c1-18(36(5)29(42)44-30(2,3)4)26(39)32-17-24(38)37-14-13-22(34-35-31)25(37)27(40)33-23(28(41)43-6)16-19-11-12-20-9-7-8-10-21(20)15-19/h7-12,15,18,22-23,25H,13-14,16-17H2,1-6H3,(H,32,39)(H,33,40)/t18-,22+,23-,25-/m0/s1. The van der Waals surface area contributed by atoms with Crippen LogP contribution in [0.2, 0.25) is 0 Å². The molecule has 2 aromatic carbocycles. The largest absolute Gasteiger partial charge is 0.467 e. The molecule has 0 aliphatic carbocycles. The fraction of sp³-hybridized carbons (Fsp3) is 0.500. The minimum Gasteiger partial charge on any atom is -0.467 e. The van der Waals surface area contributed by atoms with Gasteiger partial charge in [-0.2, -0.15) is 0 Å². The number of amides is 4. The van der Waals surface area contributed by atoms with E-state index in [1.165, 1.54) is 26.0 Å². The Bertz CT molecular complexity index is 1450. The Morgan fingerprint density at radius 2 is 1.82 bits per heavy atom. The Balaban J connectivity index is 1.71. The summed E-state index contributed by atoms with van der Waals surface area (Å²) in [6.45, 7) is 6.19. The fourth-order valence-electron chi connectivity index (χ4n) is 4.83. The summed E-state index contributed by atoms with van der Waals surface area (Å²) in [4.78, 5) is 69.7. The summed E-state index contributed by atoms with van der Waals surface area (Å²) in [5.41, 5.74) is 9.12. The van der Waals surface area contributed by atoms with Gasteiger partial charge in [0.2, 0.25) is 17.7 Å². The lowest BCUT2D eigenvalue weighted by Gasteiger charge is -2.29. The highest BCUT2D eigenvalue weighted by Gasteiger charge is 2.42. The molecule has 1 heterocycles. The van der Waals surface area contributed by atoms with Crippen LogP contribution < -0.4 is 10.6 Å². The second-order valence-electron chi connectivity index (χ2n) is 11.5. The van der Waals surface area contributed by atoms with Crippen molar-refractivity contribution in [1.29, 1.82) is 0 Å². The molecule has 44 heavy (non-hydrogen) atoms. The molecule has 14 heteroatoms. The zero-order chi connectivity index (χ0) is 32.6. The first-order valence-corrected chi connectivity index (χ1v) is 14.2. The summed E-state index contributed by atoms with van der Waals surface area (Å²) < 4.78 is 10.2. The number of hydrogen-bond acceptors (Lipinski definition) is 8. The Hall–Kier alpha value is -4.84. The molecule has 4 amide bonds. The fourth-order valence-corrected chi connectivity index (χ4v) is 4.83. The van der Waals surface area contributed by atoms with Crippen molar-refractivity contribution in [2.45, 2.75) is 70.3 Å². The minimum absolute atomic E-state index is 0.0808. The number of nitrogens with one attached hydrogen (secondary N) is 2. The topological polar surface area (TPSA) is 183 Å². The molecular formula is C30H39N7O7. The van der Waals surface area contributed by atoms with Crippen LogP contribution in [0.3, 0.4) is 0 Å². The molecule has 4 atom stereocenters. The molecule has 2 N–H and O–H groups in total. The van der Waals surface area contributed by atoms with Crippen LogP contribution in [0, 0.1) is 0 Å². The molecule has 236 valence electrons. The number of benzene rings is 2. The van der Waals surface area contributed by atoms with Crippen molar-refractivity contribution >= 4 is 40.6 Å². The number of hydrogen-bond donors (Lipinski definition) is 2. The summed E-state index contributed by atoms with van der Waals surface area (Å²) in [6, 6.07) is 9.24. The molecule has 1 saturated heterocycles. The quantitative estimate of drug-likeness (QED) is 0.180. The molecule has 0 unspecified atom stereocenters. The Labute approximate surface area is 255 Å². The number of fused-ring (bicyclic) bond motifs is 1. The number of esters is 1. The highest BCUT2D eigenvalue weighted by molar-refractivity contribution is 5.94. The van der Waals surface area contributed by atoms with Crippen molar-refractivity contribution in [3.63, 3.8) is 0 Å². The Morgan fingerprint density at radius 1 is 1.14 bits per heavy atom. The van der Waals surface area contributed by atoms with Gasteiger partial charge in [0, 0.05) is 24.9 Å². The van der Waals surface area contributed by atoms with Crippen LogP contribution in [0.15, 0.2) is 47.6 Å². The average Bonchev–Trinajstić information content (AvgIpc) is 3.41. The third kappa shape index (κ3) is 8.60. The van der Waals surface area contributed by atoms with E-state index in [0.717, 1.165) is 21.2 Å². The third-order valence-electron chi connectivity index (χ3n) is 7.27. The van der Waals surface area contributed by atoms with Gasteiger partial charge < -0.3 is 25.0 Å². The lowest BCUT2D eigenvalue weighted by Crippen LogP contribution is -2.56. The average molecular weight is 610 g/mol. The first-order valence-electron chi connectivity index (χ1n) is 14.2. The molecule has 14 nitrogen and oxygen atoms in total. The molecular weight excluding hydrogens is 570 g/mol. The van der Waals surface area contributed by atoms with E-state index < -0.39 is 66.1 Å². The van der Waals surface area contributed by atoms with Gasteiger partial charge in [0.1, 0.15) is 23.7 Å². The molecule has 1 aliphatic heterocycles. The van der Waals surface area contributed by atoms with Crippen LogP contribution in [0.5, 0.6) is 0 Å². The first-order chi connectivity index (χ1) is 20.7. The zero-order valence-electron chi connectivity index (χ0n) is 25.8. The second-order valence-corrected chi connectivity index (χ2v) is 11.5. The lowest BCUT2D eigenvalue weighted by molar-refractivity contribution is -0.146. The highest BCUT2D eigenvalue weighted by Crippen LogP contribution is 2.23. The molecule has 1 aliphatic rings. The van der Waals surface area contributed by atoms with Gasteiger partial charge in [-0.05, 0) is 56.0 Å². The number of ether oxygens (including phenoxy) is 2. The number of likely N-dealkylation sites (tertiary alicyclic amines) is 1. The Kier molecular flexibility index (Phi) is 11.1. The van der Waals surface area contributed by atoms with Gasteiger partial charge >= 0.3 is 12.1 Å². The van der Waals surface area contributed by atoms with E-state index in [-0.39, 0.29) is 19.4 Å². The van der Waals surface area contributed by atoms with Crippen LogP contribution in [0.4, 0.5) is 4.79 Å². The molecule has 0 saturated carbocycles. The Morgan fingerprint density at radius 3 is 2.45 bits per heavy atom. The van der Waals surface area contributed by atoms with E-state index in [1.807, 2.05) is 42.5 Å². The SMILES string of the molecule is COC(=O)[C@H](Cc1ccc2ccccc2c1)NC(=O)[C@@H]1[C@H](N=[N+]=[N-])CCN1C(=O)CNC(=O)[C@H](C)N(C)C(=O)OC(C)(C)C. The highest BCUT2D eigenvalue weighted by atomic mass is 16.6. The first kappa shape index (κ1) is 33.7. The van der Waals surface area contributed by atoms with Crippen molar-refractivity contribution < 1.29 is 33.4 Å². The molecule has 3 rings (SSSR count). The van der Waals surface area contributed by atoms with Gasteiger partial charge in [-0.1, -0.05) is 47.6 Å². The molecule has 0 radical (unpaired) electrons. The van der Waals surface area contributed by atoms with E-state index in [0.29, 0.717) is 0 Å². The molecule has 2 aromatic rings. The van der Waals surface area contributed by atoms with Crippen molar-refractivity contribution in [3.8, 4) is 0 Å². The van der Waals surface area contributed by atoms with Crippen molar-refractivity contribution in [3.05, 3.63) is 58.5 Å². The maximum Gasteiger partial charge on any atom is 0.410 e. The van der Waals surface area contributed by atoms with Gasteiger partial charge in [0.25, 0.3) is 0 Å². The molecule has 0 spiro atoms. The van der Waals surface area contributed by atoms with Crippen LogP contribution in [-0.2, 0) is 35.1 Å². The number of carbonyl (C=O) groups is 5. The third-order valence-corrected chi connectivity index (χ3v) is 7.27. The summed E-state index contributed by atoms with van der Waals surface area (Å²) >= 11 is 0. The molecule has 0 aromatic heterocycles. The van der Waals surface area contributed by atoms with Gasteiger partial charge in [0.05, 0.1) is 19.7 Å². The van der Waals surface area contributed by atoms with Gasteiger partial charge in [-0.3, -0.25) is 19.3 Å².